The first-order chi connectivity index (χ1) is 37.5. The minimum absolute atomic E-state index is 0.0767. The molecule has 1 unspecified atom stereocenters. The van der Waals surface area contributed by atoms with Crippen molar-refractivity contribution in [3.63, 3.8) is 0 Å². The highest BCUT2D eigenvalue weighted by atomic mass is 16.6. The standard InChI is InChI=1S/C70H122O6/c1-4-7-10-13-16-19-22-25-28-30-32-33-34-35-36-37-39-40-42-45-48-51-54-57-60-63-69(72)75-66-67(65-74-68(71)62-59-56-53-50-47-44-27-24-21-18-15-12-9-6-3)76-70(73)64-61-58-55-52-49-46-43-41-38-31-29-26-23-20-17-14-11-8-5-2/h7,10,16-17,19-20,25-26,28-29,32-33,35-36,67H,4-6,8-9,11-15,18,21-24,27,30-31,34,37-66H2,1-3H3/b10-7-,19-16-,20-17-,28-25-,29-26-,33-32-,36-35-. The summed E-state index contributed by atoms with van der Waals surface area (Å²) in [5, 5.41) is 0. The molecule has 0 rings (SSSR count). The Bertz CT molecular complexity index is 1450. The van der Waals surface area contributed by atoms with Crippen molar-refractivity contribution in [3.8, 4) is 0 Å². The summed E-state index contributed by atoms with van der Waals surface area (Å²) < 4.78 is 16.9. The van der Waals surface area contributed by atoms with Gasteiger partial charge in [-0.3, -0.25) is 14.4 Å². The molecule has 0 aliphatic rings. The zero-order valence-electron chi connectivity index (χ0n) is 50.3. The summed E-state index contributed by atoms with van der Waals surface area (Å²) in [6.45, 7) is 6.53. The van der Waals surface area contributed by atoms with E-state index in [4.69, 9.17) is 14.2 Å². The van der Waals surface area contributed by atoms with Crippen LogP contribution in [0, 0.1) is 0 Å². The van der Waals surface area contributed by atoms with Gasteiger partial charge in [-0.2, -0.15) is 0 Å². The second kappa shape index (κ2) is 64.1. The minimum atomic E-state index is -0.781. The summed E-state index contributed by atoms with van der Waals surface area (Å²) in [5.74, 6) is -0.872. The monoisotopic (exact) mass is 1060 g/mol. The van der Waals surface area contributed by atoms with Crippen LogP contribution in [0.3, 0.4) is 0 Å². The molecule has 6 heteroatoms. The van der Waals surface area contributed by atoms with Crippen molar-refractivity contribution >= 4 is 17.9 Å². The Morgan fingerprint density at radius 1 is 0.276 bits per heavy atom. The van der Waals surface area contributed by atoms with Crippen LogP contribution in [0.25, 0.3) is 0 Å². The zero-order chi connectivity index (χ0) is 55.0. The SMILES string of the molecule is CC/C=C\C/C=C\C/C=C\C/C=C\C/C=C\CCCCCCCCCCCC(=O)OCC(COC(=O)CCCCCCCCCCCCCCCC)OC(=O)CCCCCCCCCCC/C=C\C/C=C\CCCCC. The third kappa shape index (κ3) is 61.4. The maximum atomic E-state index is 12.9. The molecule has 76 heavy (non-hydrogen) atoms. The number of hydrogen-bond acceptors (Lipinski definition) is 6. The highest BCUT2D eigenvalue weighted by Gasteiger charge is 2.19. The van der Waals surface area contributed by atoms with E-state index in [1.165, 1.54) is 180 Å². The normalized spacial score (nSPS) is 12.6. The van der Waals surface area contributed by atoms with Crippen LogP contribution in [0.2, 0.25) is 0 Å². The van der Waals surface area contributed by atoms with E-state index in [0.29, 0.717) is 19.3 Å². The van der Waals surface area contributed by atoms with Gasteiger partial charge in [0, 0.05) is 19.3 Å². The number of rotatable bonds is 59. The van der Waals surface area contributed by atoms with Gasteiger partial charge in [-0.1, -0.05) is 292 Å². The lowest BCUT2D eigenvalue weighted by atomic mass is 10.0. The molecule has 0 heterocycles. The topological polar surface area (TPSA) is 78.9 Å². The highest BCUT2D eigenvalue weighted by Crippen LogP contribution is 2.17. The fraction of sp³-hybridized carbons (Fsp3) is 0.757. The number of ether oxygens (including phenoxy) is 3. The van der Waals surface area contributed by atoms with E-state index < -0.39 is 6.10 Å². The van der Waals surface area contributed by atoms with Gasteiger partial charge in [0.1, 0.15) is 13.2 Å². The van der Waals surface area contributed by atoms with Gasteiger partial charge in [-0.05, 0) is 96.3 Å². The first-order valence-corrected chi connectivity index (χ1v) is 32.6. The molecule has 0 aromatic carbocycles. The summed E-state index contributed by atoms with van der Waals surface area (Å²) in [6, 6.07) is 0. The predicted octanol–water partition coefficient (Wildman–Crippen LogP) is 22.3. The molecular weight excluding hydrogens is 937 g/mol. The molecule has 438 valence electrons. The van der Waals surface area contributed by atoms with Gasteiger partial charge < -0.3 is 14.2 Å². The minimum Gasteiger partial charge on any atom is -0.462 e. The molecule has 0 spiro atoms. The van der Waals surface area contributed by atoms with E-state index in [1.54, 1.807) is 0 Å². The van der Waals surface area contributed by atoms with Crippen LogP contribution in [0.5, 0.6) is 0 Å². The van der Waals surface area contributed by atoms with Crippen LogP contribution in [0.15, 0.2) is 85.1 Å². The molecule has 0 aliphatic heterocycles. The van der Waals surface area contributed by atoms with Gasteiger partial charge in [-0.15, -0.1) is 0 Å². The van der Waals surface area contributed by atoms with Gasteiger partial charge in [0.2, 0.25) is 0 Å². The first-order valence-electron chi connectivity index (χ1n) is 32.6. The van der Waals surface area contributed by atoms with E-state index in [-0.39, 0.29) is 31.1 Å². The number of unbranched alkanes of at least 4 members (excludes halogenated alkanes) is 34. The smallest absolute Gasteiger partial charge is 0.306 e. The fourth-order valence-corrected chi connectivity index (χ4v) is 9.27. The summed E-state index contributed by atoms with van der Waals surface area (Å²) in [5.41, 5.74) is 0. The van der Waals surface area contributed by atoms with Crippen molar-refractivity contribution in [1.82, 2.24) is 0 Å². The summed E-state index contributed by atoms with van der Waals surface area (Å²) >= 11 is 0. The van der Waals surface area contributed by atoms with Crippen molar-refractivity contribution in [2.75, 3.05) is 13.2 Å². The Balaban J connectivity index is 4.34. The van der Waals surface area contributed by atoms with Crippen LogP contribution in [-0.2, 0) is 28.6 Å². The van der Waals surface area contributed by atoms with E-state index in [2.05, 4.69) is 106 Å². The number of carbonyl (C=O) groups is 3. The second-order valence-electron chi connectivity index (χ2n) is 21.6. The predicted molar refractivity (Wildman–Crippen MR) is 330 cm³/mol. The lowest BCUT2D eigenvalue weighted by molar-refractivity contribution is -0.167. The third-order valence-corrected chi connectivity index (χ3v) is 14.1. The molecule has 0 aromatic rings. The van der Waals surface area contributed by atoms with E-state index in [1.807, 2.05) is 0 Å². The molecular formula is C70H122O6. The molecule has 0 amide bonds. The van der Waals surface area contributed by atoms with Crippen molar-refractivity contribution in [2.45, 2.75) is 329 Å². The average molecular weight is 1060 g/mol. The second-order valence-corrected chi connectivity index (χ2v) is 21.6. The van der Waals surface area contributed by atoms with E-state index >= 15 is 0 Å². The molecule has 0 fully saturated rings. The van der Waals surface area contributed by atoms with Crippen molar-refractivity contribution in [1.29, 1.82) is 0 Å². The van der Waals surface area contributed by atoms with Crippen LogP contribution < -0.4 is 0 Å². The quantitative estimate of drug-likeness (QED) is 0.0261. The molecule has 6 nitrogen and oxygen atoms in total. The average Bonchev–Trinajstić information content (AvgIpc) is 3.42. The van der Waals surface area contributed by atoms with Crippen molar-refractivity contribution in [2.24, 2.45) is 0 Å². The molecule has 0 aliphatic carbocycles. The van der Waals surface area contributed by atoms with Crippen LogP contribution >= 0.6 is 0 Å². The van der Waals surface area contributed by atoms with E-state index in [9.17, 15) is 14.4 Å². The van der Waals surface area contributed by atoms with Crippen LogP contribution in [0.4, 0.5) is 0 Å². The van der Waals surface area contributed by atoms with Gasteiger partial charge in [0.15, 0.2) is 6.10 Å². The maximum Gasteiger partial charge on any atom is 0.306 e. The number of allylic oxidation sites excluding steroid dienone is 14. The highest BCUT2D eigenvalue weighted by molar-refractivity contribution is 5.71. The molecule has 0 N–H and O–H groups in total. The molecule has 1 atom stereocenters. The lowest BCUT2D eigenvalue weighted by Gasteiger charge is -2.18. The Morgan fingerprint density at radius 2 is 0.513 bits per heavy atom. The van der Waals surface area contributed by atoms with Gasteiger partial charge in [0.25, 0.3) is 0 Å². The molecule has 0 radical (unpaired) electrons. The van der Waals surface area contributed by atoms with Gasteiger partial charge >= 0.3 is 17.9 Å². The maximum absolute atomic E-state index is 12.9. The Labute approximate surface area is 471 Å². The Kier molecular flexibility index (Phi) is 61.2. The van der Waals surface area contributed by atoms with Crippen molar-refractivity contribution < 1.29 is 28.6 Å². The lowest BCUT2D eigenvalue weighted by Crippen LogP contribution is -2.30. The molecule has 0 bridgehead atoms. The van der Waals surface area contributed by atoms with Gasteiger partial charge in [-0.25, -0.2) is 0 Å². The fourth-order valence-electron chi connectivity index (χ4n) is 9.27. The molecule has 0 aromatic heterocycles. The van der Waals surface area contributed by atoms with Crippen LogP contribution in [0.1, 0.15) is 323 Å². The van der Waals surface area contributed by atoms with Gasteiger partial charge in [0.05, 0.1) is 0 Å². The number of carbonyl (C=O) groups excluding carboxylic acids is 3. The van der Waals surface area contributed by atoms with E-state index in [0.717, 1.165) is 103 Å². The Morgan fingerprint density at radius 3 is 0.829 bits per heavy atom. The number of hydrogen-bond donors (Lipinski definition) is 0. The molecule has 0 saturated carbocycles. The summed E-state index contributed by atoms with van der Waals surface area (Å²) in [7, 11) is 0. The largest absolute Gasteiger partial charge is 0.462 e. The first kappa shape index (κ1) is 72.6. The van der Waals surface area contributed by atoms with Crippen molar-refractivity contribution in [3.05, 3.63) is 85.1 Å². The molecule has 0 saturated heterocycles. The van der Waals surface area contributed by atoms with Crippen LogP contribution in [-0.4, -0.2) is 37.2 Å². The number of esters is 3. The summed E-state index contributed by atoms with van der Waals surface area (Å²) in [6.07, 6.45) is 84.4. The summed E-state index contributed by atoms with van der Waals surface area (Å²) in [4.78, 5) is 38.3. The Hall–Kier alpha value is -3.41. The third-order valence-electron chi connectivity index (χ3n) is 14.1. The zero-order valence-corrected chi connectivity index (χ0v) is 50.3.